The topological polar surface area (TPSA) is 105 Å². The van der Waals surface area contributed by atoms with Crippen LogP contribution in [0.15, 0.2) is 42.6 Å². The molecular weight excluding hydrogens is 356 g/mol. The smallest absolute Gasteiger partial charge is 0.236 e. The number of fused-ring (bicyclic) bond motifs is 1. The molecule has 1 aliphatic carbocycles. The predicted octanol–water partition coefficient (Wildman–Crippen LogP) is 1.04. The molecule has 0 spiro atoms. The van der Waals surface area contributed by atoms with Gasteiger partial charge in [0, 0.05) is 25.2 Å². The van der Waals surface area contributed by atoms with Crippen LogP contribution in [0.25, 0.3) is 16.7 Å². The molecule has 0 radical (unpaired) electrons. The predicted molar refractivity (Wildman–Crippen MR) is 97.1 cm³/mol. The molecule has 1 aromatic heterocycles. The van der Waals surface area contributed by atoms with E-state index in [1.807, 2.05) is 6.07 Å². The molecule has 7 nitrogen and oxygen atoms in total. The summed E-state index contributed by atoms with van der Waals surface area (Å²) in [6, 6.07) is 8.87. The van der Waals surface area contributed by atoms with Crippen molar-refractivity contribution in [3.05, 3.63) is 53.9 Å². The second-order valence-electron chi connectivity index (χ2n) is 6.10. The summed E-state index contributed by atoms with van der Waals surface area (Å²) in [5.74, 6) is -0.882. The number of carbonyl (C=O) groups is 2. The Bertz CT molecular complexity index is 1020. The number of benzene rings is 1. The van der Waals surface area contributed by atoms with E-state index in [1.54, 1.807) is 24.3 Å². The molecule has 1 unspecified atom stereocenters. The third kappa shape index (κ3) is 3.21. The highest BCUT2D eigenvalue weighted by molar-refractivity contribution is 7.89. The van der Waals surface area contributed by atoms with Crippen molar-refractivity contribution in [3.63, 3.8) is 0 Å². The van der Waals surface area contributed by atoms with Gasteiger partial charge in [0.15, 0.2) is 5.78 Å². The number of aliphatic hydroxyl groups excluding tert-OH is 1. The van der Waals surface area contributed by atoms with Crippen LogP contribution in [-0.2, 0) is 14.8 Å². The van der Waals surface area contributed by atoms with Gasteiger partial charge < -0.3 is 10.4 Å². The molecule has 0 bridgehead atoms. The number of hydrogen-bond donors (Lipinski definition) is 2. The van der Waals surface area contributed by atoms with Crippen molar-refractivity contribution >= 4 is 27.3 Å². The summed E-state index contributed by atoms with van der Waals surface area (Å²) in [5, 5.41) is 12.7. The van der Waals surface area contributed by atoms with Gasteiger partial charge in [0.25, 0.3) is 0 Å². The summed E-state index contributed by atoms with van der Waals surface area (Å²) in [4.78, 5) is 23.9. The minimum atomic E-state index is -3.71. The molecule has 136 valence electrons. The monoisotopic (exact) mass is 374 g/mol. The summed E-state index contributed by atoms with van der Waals surface area (Å²) in [6.07, 6.45) is 2.29. The summed E-state index contributed by atoms with van der Waals surface area (Å²) in [6.45, 7) is 1.33. The second-order valence-corrected chi connectivity index (χ2v) is 7.96. The molecule has 1 atom stereocenters. The fraction of sp³-hybridized carbons (Fsp3) is 0.222. The third-order valence-electron chi connectivity index (χ3n) is 4.12. The van der Waals surface area contributed by atoms with E-state index in [0.29, 0.717) is 16.7 Å². The van der Waals surface area contributed by atoms with E-state index in [2.05, 4.69) is 5.32 Å². The van der Waals surface area contributed by atoms with Gasteiger partial charge in [-0.2, -0.15) is 0 Å². The van der Waals surface area contributed by atoms with E-state index in [0.717, 1.165) is 10.2 Å². The zero-order valence-corrected chi connectivity index (χ0v) is 15.1. The lowest BCUT2D eigenvalue weighted by molar-refractivity contribution is -0.118. The van der Waals surface area contributed by atoms with Gasteiger partial charge in [-0.05, 0) is 17.2 Å². The maximum absolute atomic E-state index is 12.6. The van der Waals surface area contributed by atoms with E-state index in [9.17, 15) is 23.1 Å². The van der Waals surface area contributed by atoms with Gasteiger partial charge in [0.2, 0.25) is 15.9 Å². The SMILES string of the molecule is CC(=O)NCC1=CC(O)C(=O)c2c(-c3ccccc3)cn(S(C)(=O)=O)c21. The Labute approximate surface area is 151 Å². The molecule has 1 amide bonds. The number of aliphatic hydroxyl groups is 1. The van der Waals surface area contributed by atoms with E-state index < -0.39 is 21.9 Å². The molecule has 0 aliphatic heterocycles. The Kier molecular flexibility index (Phi) is 4.55. The number of ketones is 1. The standard InChI is InChI=1S/C18H18N2O5S/c1-11(21)19-9-13-8-15(22)18(23)16-14(12-6-4-3-5-7-12)10-20(17(13)16)26(2,24)25/h3-8,10,15,22H,9H2,1-2H3,(H,19,21). The maximum atomic E-state index is 12.6. The first kappa shape index (κ1) is 18.1. The van der Waals surface area contributed by atoms with Crippen molar-refractivity contribution in [1.82, 2.24) is 9.29 Å². The molecule has 2 aromatic rings. The Morgan fingerprint density at radius 2 is 1.92 bits per heavy atom. The fourth-order valence-corrected chi connectivity index (χ4v) is 3.83. The van der Waals surface area contributed by atoms with Crippen molar-refractivity contribution in [1.29, 1.82) is 0 Å². The van der Waals surface area contributed by atoms with Crippen molar-refractivity contribution in [3.8, 4) is 11.1 Å². The van der Waals surface area contributed by atoms with Crippen molar-refractivity contribution in [2.75, 3.05) is 12.8 Å². The first-order valence-electron chi connectivity index (χ1n) is 7.89. The fourth-order valence-electron chi connectivity index (χ4n) is 2.99. The van der Waals surface area contributed by atoms with E-state index in [-0.39, 0.29) is 23.7 Å². The number of carbonyl (C=O) groups excluding carboxylic acids is 2. The molecule has 3 rings (SSSR count). The highest BCUT2D eigenvalue weighted by Gasteiger charge is 2.34. The van der Waals surface area contributed by atoms with Gasteiger partial charge >= 0.3 is 0 Å². The average Bonchev–Trinajstić information content (AvgIpc) is 2.99. The third-order valence-corrected chi connectivity index (χ3v) is 5.12. The van der Waals surface area contributed by atoms with Gasteiger partial charge in [0.1, 0.15) is 6.10 Å². The lowest BCUT2D eigenvalue weighted by Crippen LogP contribution is -2.30. The van der Waals surface area contributed by atoms with Gasteiger partial charge in [-0.3, -0.25) is 9.59 Å². The first-order chi connectivity index (χ1) is 12.2. The van der Waals surface area contributed by atoms with Crippen LogP contribution in [0.1, 0.15) is 23.0 Å². The van der Waals surface area contributed by atoms with Gasteiger partial charge in [-0.15, -0.1) is 0 Å². The molecule has 1 heterocycles. The highest BCUT2D eigenvalue weighted by atomic mass is 32.2. The molecular formula is C18H18N2O5S. The van der Waals surface area contributed by atoms with Gasteiger partial charge in [0.05, 0.1) is 17.5 Å². The Morgan fingerprint density at radius 1 is 1.27 bits per heavy atom. The summed E-state index contributed by atoms with van der Waals surface area (Å²) < 4.78 is 25.6. The quantitative estimate of drug-likeness (QED) is 0.832. The number of nitrogens with one attached hydrogen (secondary N) is 1. The minimum absolute atomic E-state index is 0.000433. The normalized spacial score (nSPS) is 16.8. The van der Waals surface area contributed by atoms with Crippen LogP contribution < -0.4 is 5.32 Å². The Morgan fingerprint density at radius 3 is 2.50 bits per heavy atom. The lowest BCUT2D eigenvalue weighted by atomic mass is 9.89. The second kappa shape index (κ2) is 6.54. The Hall–Kier alpha value is -2.71. The number of amides is 1. The Balaban J connectivity index is 2.29. The van der Waals surface area contributed by atoms with Crippen molar-refractivity contribution < 1.29 is 23.1 Å². The zero-order chi connectivity index (χ0) is 19.1. The summed E-state index contributed by atoms with van der Waals surface area (Å²) in [7, 11) is -3.71. The van der Waals surface area contributed by atoms with Crippen LogP contribution in [-0.4, -0.2) is 48.1 Å². The van der Waals surface area contributed by atoms with Crippen LogP contribution in [0.3, 0.4) is 0 Å². The van der Waals surface area contributed by atoms with Crippen LogP contribution in [0.4, 0.5) is 0 Å². The van der Waals surface area contributed by atoms with Crippen LogP contribution >= 0.6 is 0 Å². The van der Waals surface area contributed by atoms with Crippen LogP contribution in [0, 0.1) is 0 Å². The van der Waals surface area contributed by atoms with Gasteiger partial charge in [-0.25, -0.2) is 12.4 Å². The van der Waals surface area contributed by atoms with Crippen molar-refractivity contribution in [2.45, 2.75) is 13.0 Å². The number of aromatic nitrogens is 1. The minimum Gasteiger partial charge on any atom is -0.381 e. The summed E-state index contributed by atoms with van der Waals surface area (Å²) >= 11 is 0. The van der Waals surface area contributed by atoms with E-state index >= 15 is 0 Å². The molecule has 0 saturated carbocycles. The molecule has 8 heteroatoms. The molecule has 0 saturated heterocycles. The number of hydrogen-bond acceptors (Lipinski definition) is 5. The van der Waals surface area contributed by atoms with E-state index in [4.69, 9.17) is 0 Å². The first-order valence-corrected chi connectivity index (χ1v) is 9.74. The van der Waals surface area contributed by atoms with Crippen molar-refractivity contribution in [2.24, 2.45) is 0 Å². The number of Topliss-reactive ketones (excluding diaryl/α,β-unsaturated/α-hetero) is 1. The number of rotatable bonds is 4. The summed E-state index contributed by atoms with van der Waals surface area (Å²) in [5.41, 5.74) is 1.76. The zero-order valence-electron chi connectivity index (χ0n) is 14.3. The molecule has 0 fully saturated rings. The lowest BCUT2D eigenvalue weighted by Gasteiger charge is -2.20. The van der Waals surface area contributed by atoms with E-state index in [1.165, 1.54) is 19.2 Å². The average molecular weight is 374 g/mol. The van der Waals surface area contributed by atoms with Crippen LogP contribution in [0.5, 0.6) is 0 Å². The highest BCUT2D eigenvalue weighted by Crippen LogP contribution is 2.36. The van der Waals surface area contributed by atoms with Gasteiger partial charge in [-0.1, -0.05) is 30.3 Å². The molecule has 1 aliphatic rings. The molecule has 2 N–H and O–H groups in total. The van der Waals surface area contributed by atoms with Crippen LogP contribution in [0.2, 0.25) is 0 Å². The number of nitrogens with zero attached hydrogens (tertiary/aromatic N) is 1. The molecule has 1 aromatic carbocycles. The maximum Gasteiger partial charge on any atom is 0.236 e. The largest absolute Gasteiger partial charge is 0.381 e. The molecule has 26 heavy (non-hydrogen) atoms.